The topological polar surface area (TPSA) is 106 Å². The minimum Gasteiger partial charge on any atom is -0.395 e. The second-order valence-electron chi connectivity index (χ2n) is 5.57. The highest BCUT2D eigenvalue weighted by Crippen LogP contribution is 2.49. The molecule has 0 spiro atoms. The van der Waals surface area contributed by atoms with Gasteiger partial charge in [0.05, 0.1) is 23.6 Å². The lowest BCUT2D eigenvalue weighted by Gasteiger charge is -2.13. The molecular formula is C16H15N5O3S. The van der Waals surface area contributed by atoms with Crippen LogP contribution in [0.25, 0.3) is 22.2 Å². The fourth-order valence-electron chi connectivity index (χ4n) is 2.97. The molecule has 0 unspecified atom stereocenters. The van der Waals surface area contributed by atoms with Crippen molar-refractivity contribution in [3.05, 3.63) is 40.6 Å². The summed E-state index contributed by atoms with van der Waals surface area (Å²) in [5.74, 6) is 0. The van der Waals surface area contributed by atoms with E-state index in [1.54, 1.807) is 12.3 Å². The molecule has 1 aliphatic heterocycles. The van der Waals surface area contributed by atoms with Gasteiger partial charge in [-0.2, -0.15) is 5.10 Å². The number of nitro groups is 1. The van der Waals surface area contributed by atoms with Crippen LogP contribution in [-0.4, -0.2) is 44.5 Å². The highest BCUT2D eigenvalue weighted by molar-refractivity contribution is 7.99. The van der Waals surface area contributed by atoms with Crippen LogP contribution in [0, 0.1) is 10.1 Å². The van der Waals surface area contributed by atoms with E-state index in [0.717, 1.165) is 27.2 Å². The highest BCUT2D eigenvalue weighted by Gasteiger charge is 2.30. The summed E-state index contributed by atoms with van der Waals surface area (Å²) >= 11 is 1.32. The van der Waals surface area contributed by atoms with Crippen molar-refractivity contribution in [1.29, 1.82) is 0 Å². The molecule has 4 rings (SSSR count). The van der Waals surface area contributed by atoms with Crippen molar-refractivity contribution in [2.45, 2.75) is 16.5 Å². The van der Waals surface area contributed by atoms with Gasteiger partial charge in [-0.25, -0.2) is 4.98 Å². The van der Waals surface area contributed by atoms with Crippen molar-refractivity contribution in [3.63, 3.8) is 0 Å². The van der Waals surface area contributed by atoms with E-state index < -0.39 is 0 Å². The molecule has 0 atom stereocenters. The molecule has 8 nitrogen and oxygen atoms in total. The zero-order valence-corrected chi connectivity index (χ0v) is 14.0. The van der Waals surface area contributed by atoms with Crippen molar-refractivity contribution < 1.29 is 10.0 Å². The Morgan fingerprint density at radius 3 is 3.00 bits per heavy atom. The molecule has 0 amide bonds. The van der Waals surface area contributed by atoms with E-state index in [2.05, 4.69) is 10.3 Å². The molecule has 1 aliphatic rings. The minimum atomic E-state index is -0.361. The van der Waals surface area contributed by atoms with Crippen LogP contribution in [0.4, 0.5) is 5.69 Å². The molecule has 25 heavy (non-hydrogen) atoms. The summed E-state index contributed by atoms with van der Waals surface area (Å²) in [5, 5.41) is 29.6. The number of hydrogen-bond donors (Lipinski definition) is 2. The number of nitro benzene ring substituents is 1. The van der Waals surface area contributed by atoms with Gasteiger partial charge in [0.25, 0.3) is 5.69 Å². The molecule has 128 valence electrons. The molecule has 0 bridgehead atoms. The van der Waals surface area contributed by atoms with Crippen LogP contribution < -0.4 is 5.32 Å². The van der Waals surface area contributed by atoms with Gasteiger partial charge in [0.2, 0.25) is 0 Å². The Bertz CT molecular complexity index is 972. The summed E-state index contributed by atoms with van der Waals surface area (Å²) in [7, 11) is 0. The summed E-state index contributed by atoms with van der Waals surface area (Å²) in [6.07, 6.45) is 1.68. The standard InChI is InChI=1S/C16H15N5O3S/c22-9-7-17-6-8-20-11-3-4-12(21(23)24)15-13(11)14(19-20)10-2-1-5-18-16(10)25-15/h1-5,17,22H,6-9H2. The molecular weight excluding hydrogens is 342 g/mol. The van der Waals surface area contributed by atoms with E-state index in [4.69, 9.17) is 10.2 Å². The monoisotopic (exact) mass is 357 g/mol. The van der Waals surface area contributed by atoms with Gasteiger partial charge in [-0.1, -0.05) is 11.8 Å². The van der Waals surface area contributed by atoms with Crippen molar-refractivity contribution in [2.75, 3.05) is 19.7 Å². The molecule has 2 N–H and O–H groups in total. The number of aromatic nitrogens is 3. The molecule has 1 aromatic carbocycles. The van der Waals surface area contributed by atoms with E-state index in [9.17, 15) is 10.1 Å². The number of nitrogens with one attached hydrogen (secondary N) is 1. The van der Waals surface area contributed by atoms with E-state index in [1.165, 1.54) is 17.8 Å². The fraction of sp³-hybridized carbons (Fsp3) is 0.250. The van der Waals surface area contributed by atoms with Crippen LogP contribution in [0.1, 0.15) is 0 Å². The van der Waals surface area contributed by atoms with Gasteiger partial charge in [-0.15, -0.1) is 0 Å². The molecule has 0 radical (unpaired) electrons. The first-order valence-corrected chi connectivity index (χ1v) is 8.65. The van der Waals surface area contributed by atoms with Crippen LogP contribution in [0.15, 0.2) is 40.4 Å². The third-order valence-electron chi connectivity index (χ3n) is 4.06. The lowest BCUT2D eigenvalue weighted by molar-refractivity contribution is -0.387. The Labute approximate surface area is 147 Å². The molecule has 0 saturated carbocycles. The largest absolute Gasteiger partial charge is 0.395 e. The molecule has 3 aromatic rings. The first-order chi connectivity index (χ1) is 12.2. The van der Waals surface area contributed by atoms with Crippen molar-refractivity contribution in [1.82, 2.24) is 20.1 Å². The highest BCUT2D eigenvalue weighted by atomic mass is 32.2. The third kappa shape index (κ3) is 2.66. The van der Waals surface area contributed by atoms with E-state index in [1.807, 2.05) is 16.8 Å². The number of rotatable bonds is 6. The zero-order valence-electron chi connectivity index (χ0n) is 13.2. The third-order valence-corrected chi connectivity index (χ3v) is 5.20. The summed E-state index contributed by atoms with van der Waals surface area (Å²) in [4.78, 5) is 16.0. The Hall–Kier alpha value is -2.49. The van der Waals surface area contributed by atoms with Crippen molar-refractivity contribution in [2.24, 2.45) is 0 Å². The fourth-order valence-corrected chi connectivity index (χ4v) is 4.11. The Balaban J connectivity index is 1.87. The number of benzene rings is 1. The van der Waals surface area contributed by atoms with Crippen molar-refractivity contribution in [3.8, 4) is 11.3 Å². The van der Waals surface area contributed by atoms with Gasteiger partial charge in [0.15, 0.2) is 0 Å². The normalized spacial score (nSPS) is 12.4. The van der Waals surface area contributed by atoms with Gasteiger partial charge in [-0.3, -0.25) is 14.8 Å². The van der Waals surface area contributed by atoms with Gasteiger partial charge >= 0.3 is 0 Å². The van der Waals surface area contributed by atoms with E-state index in [-0.39, 0.29) is 17.2 Å². The predicted molar refractivity (Wildman–Crippen MR) is 93.7 cm³/mol. The number of nitrogens with zero attached hydrogens (tertiary/aromatic N) is 4. The Kier molecular flexibility index (Phi) is 4.12. The minimum absolute atomic E-state index is 0.0769. The zero-order chi connectivity index (χ0) is 17.4. The second kappa shape index (κ2) is 6.43. The van der Waals surface area contributed by atoms with Crippen LogP contribution >= 0.6 is 11.8 Å². The number of aliphatic hydroxyl groups is 1. The van der Waals surface area contributed by atoms with E-state index in [0.29, 0.717) is 24.5 Å². The first kappa shape index (κ1) is 16.0. The lowest BCUT2D eigenvalue weighted by atomic mass is 10.1. The number of fused-ring (bicyclic) bond motifs is 2. The van der Waals surface area contributed by atoms with Crippen LogP contribution in [0.3, 0.4) is 0 Å². The quantitative estimate of drug-likeness (QED) is 0.309. The Morgan fingerprint density at radius 1 is 1.32 bits per heavy atom. The van der Waals surface area contributed by atoms with Gasteiger partial charge in [0.1, 0.15) is 15.6 Å². The van der Waals surface area contributed by atoms with Crippen LogP contribution in [0.2, 0.25) is 0 Å². The summed E-state index contributed by atoms with van der Waals surface area (Å²) in [5.41, 5.74) is 2.57. The second-order valence-corrected chi connectivity index (χ2v) is 6.57. The predicted octanol–water partition coefficient (Wildman–Crippen LogP) is 2.05. The van der Waals surface area contributed by atoms with Crippen LogP contribution in [0.5, 0.6) is 0 Å². The summed E-state index contributed by atoms with van der Waals surface area (Å²) in [6.45, 7) is 1.85. The SMILES string of the molecule is O=[N+]([O-])c1ccc2c3c(nn2CCNCCO)-c2cccnc2Sc13. The van der Waals surface area contributed by atoms with Crippen molar-refractivity contribution >= 4 is 28.4 Å². The Morgan fingerprint density at radius 2 is 2.20 bits per heavy atom. The molecule has 3 heterocycles. The van der Waals surface area contributed by atoms with Gasteiger partial charge in [0, 0.05) is 36.3 Å². The molecule has 2 aromatic heterocycles. The molecule has 0 fully saturated rings. The average Bonchev–Trinajstić information content (AvgIpc) is 2.99. The lowest BCUT2D eigenvalue weighted by Crippen LogP contribution is -2.23. The molecule has 0 saturated heterocycles. The van der Waals surface area contributed by atoms with Crippen LogP contribution in [-0.2, 0) is 6.54 Å². The van der Waals surface area contributed by atoms with E-state index >= 15 is 0 Å². The number of pyridine rings is 1. The number of hydrogen-bond acceptors (Lipinski definition) is 7. The van der Waals surface area contributed by atoms with Gasteiger partial charge in [-0.05, 0) is 18.2 Å². The summed E-state index contributed by atoms with van der Waals surface area (Å²) in [6, 6.07) is 7.06. The molecule has 0 aliphatic carbocycles. The smallest absolute Gasteiger partial charge is 0.284 e. The van der Waals surface area contributed by atoms with Gasteiger partial charge < -0.3 is 10.4 Å². The first-order valence-electron chi connectivity index (χ1n) is 7.83. The number of aliphatic hydroxyl groups excluding tert-OH is 1. The maximum absolute atomic E-state index is 11.4. The maximum Gasteiger partial charge on any atom is 0.284 e. The summed E-state index contributed by atoms with van der Waals surface area (Å²) < 4.78 is 1.85. The maximum atomic E-state index is 11.4. The average molecular weight is 357 g/mol. The molecule has 9 heteroatoms.